The molecule has 1 saturated carbocycles. The fourth-order valence-electron chi connectivity index (χ4n) is 4.77. The Balaban J connectivity index is 1.08. The van der Waals surface area contributed by atoms with Crippen molar-refractivity contribution in [2.75, 3.05) is 63.8 Å². The lowest BCUT2D eigenvalue weighted by Crippen LogP contribution is -2.56. The van der Waals surface area contributed by atoms with Gasteiger partial charge in [-0.3, -0.25) is 19.6 Å². The number of nitrogens with zero attached hydrogens (tertiary/aromatic N) is 6. The van der Waals surface area contributed by atoms with Crippen molar-refractivity contribution < 1.29 is 4.79 Å². The molecule has 0 bridgehead atoms. The summed E-state index contributed by atoms with van der Waals surface area (Å²) >= 11 is 5.97. The van der Waals surface area contributed by atoms with Crippen molar-refractivity contribution in [1.82, 2.24) is 24.7 Å². The second kappa shape index (κ2) is 9.73. The van der Waals surface area contributed by atoms with E-state index in [1.54, 1.807) is 0 Å². The average Bonchev–Trinajstić information content (AvgIpc) is 2.80. The third-order valence-electron chi connectivity index (χ3n) is 7.09. The summed E-state index contributed by atoms with van der Waals surface area (Å²) in [6, 6.07) is 8.41. The number of rotatable bonds is 5. The molecular formula is C24H31ClN6O. The molecule has 0 atom stereocenters. The predicted octanol–water partition coefficient (Wildman–Crippen LogP) is 2.62. The molecule has 170 valence electrons. The summed E-state index contributed by atoms with van der Waals surface area (Å²) in [5.41, 5.74) is 1.84. The average molecular weight is 455 g/mol. The Morgan fingerprint density at radius 2 is 1.62 bits per heavy atom. The molecule has 2 saturated heterocycles. The Labute approximate surface area is 195 Å². The number of hydrogen-bond donors (Lipinski definition) is 0. The monoisotopic (exact) mass is 454 g/mol. The second-order valence-corrected chi connectivity index (χ2v) is 9.47. The number of hydrogen-bond acceptors (Lipinski definition) is 6. The van der Waals surface area contributed by atoms with E-state index in [0.717, 1.165) is 75.5 Å². The van der Waals surface area contributed by atoms with Crippen LogP contribution < -0.4 is 4.90 Å². The van der Waals surface area contributed by atoms with E-state index in [2.05, 4.69) is 29.6 Å². The second-order valence-electron chi connectivity index (χ2n) is 9.03. The van der Waals surface area contributed by atoms with Crippen LogP contribution in [0.2, 0.25) is 5.02 Å². The van der Waals surface area contributed by atoms with Crippen LogP contribution in [-0.2, 0) is 4.79 Å². The summed E-state index contributed by atoms with van der Waals surface area (Å²) in [5, 5.41) is 0.714. The van der Waals surface area contributed by atoms with Crippen LogP contribution in [0.5, 0.6) is 0 Å². The van der Waals surface area contributed by atoms with Crippen molar-refractivity contribution >= 4 is 23.3 Å². The van der Waals surface area contributed by atoms with Gasteiger partial charge in [0.2, 0.25) is 5.91 Å². The zero-order valence-electron chi connectivity index (χ0n) is 18.5. The Hall–Kier alpha value is -2.22. The molecule has 3 aliphatic rings. The zero-order valence-corrected chi connectivity index (χ0v) is 19.3. The molecule has 0 spiro atoms. The summed E-state index contributed by atoms with van der Waals surface area (Å²) < 4.78 is 0. The summed E-state index contributed by atoms with van der Waals surface area (Å²) in [6.07, 6.45) is 7.71. The largest absolute Gasteiger partial charge is 0.353 e. The molecule has 0 radical (unpaired) electrons. The highest BCUT2D eigenvalue weighted by Crippen LogP contribution is 2.25. The van der Waals surface area contributed by atoms with E-state index in [9.17, 15) is 4.79 Å². The molecule has 0 unspecified atom stereocenters. The van der Waals surface area contributed by atoms with Gasteiger partial charge in [-0.15, -0.1) is 0 Å². The molecule has 8 heteroatoms. The first kappa shape index (κ1) is 21.6. The van der Waals surface area contributed by atoms with Gasteiger partial charge in [0.1, 0.15) is 5.82 Å². The van der Waals surface area contributed by atoms with Crippen molar-refractivity contribution in [2.24, 2.45) is 0 Å². The standard InChI is InChI=1S/C24H31ClN6O/c25-20-6-4-19(5-7-20)22-16-27-23(17-26-22)30-10-8-28(9-11-30)18-24(32)31-14-12-29(13-15-31)21-2-1-3-21/h4-7,16-17,21H,1-3,8-15,18H2. The summed E-state index contributed by atoms with van der Waals surface area (Å²) in [7, 11) is 0. The van der Waals surface area contributed by atoms with E-state index in [1.165, 1.54) is 19.3 Å². The summed E-state index contributed by atoms with van der Waals surface area (Å²) in [5.74, 6) is 1.17. The summed E-state index contributed by atoms with van der Waals surface area (Å²) in [4.78, 5) is 31.2. The molecule has 5 rings (SSSR count). The van der Waals surface area contributed by atoms with Crippen LogP contribution in [0.3, 0.4) is 0 Å². The molecule has 3 heterocycles. The number of anilines is 1. The van der Waals surface area contributed by atoms with Gasteiger partial charge < -0.3 is 9.80 Å². The van der Waals surface area contributed by atoms with Crippen molar-refractivity contribution in [1.29, 1.82) is 0 Å². The maximum Gasteiger partial charge on any atom is 0.236 e. The Morgan fingerprint density at radius 3 is 2.22 bits per heavy atom. The van der Waals surface area contributed by atoms with Crippen molar-refractivity contribution in [3.8, 4) is 11.3 Å². The van der Waals surface area contributed by atoms with Crippen LogP contribution in [0.4, 0.5) is 5.82 Å². The number of carbonyl (C=O) groups excluding carboxylic acids is 1. The maximum atomic E-state index is 12.8. The highest BCUT2D eigenvalue weighted by molar-refractivity contribution is 6.30. The van der Waals surface area contributed by atoms with Gasteiger partial charge in [0.05, 0.1) is 24.6 Å². The highest BCUT2D eigenvalue weighted by atomic mass is 35.5. The smallest absolute Gasteiger partial charge is 0.236 e. The lowest BCUT2D eigenvalue weighted by molar-refractivity contribution is -0.134. The SMILES string of the molecule is O=C(CN1CCN(c2cnc(-c3ccc(Cl)cc3)cn2)CC1)N1CCN(C2CCC2)CC1. The van der Waals surface area contributed by atoms with Gasteiger partial charge in [-0.1, -0.05) is 30.2 Å². The first-order chi connectivity index (χ1) is 15.7. The number of aromatic nitrogens is 2. The molecular weight excluding hydrogens is 424 g/mol. The van der Waals surface area contributed by atoms with Crippen LogP contribution in [0.15, 0.2) is 36.7 Å². The first-order valence-corrected chi connectivity index (χ1v) is 12.1. The minimum Gasteiger partial charge on any atom is -0.353 e. The number of carbonyl (C=O) groups is 1. The lowest BCUT2D eigenvalue weighted by atomic mass is 9.91. The zero-order chi connectivity index (χ0) is 21.9. The number of amides is 1. The van der Waals surface area contributed by atoms with E-state index in [4.69, 9.17) is 11.6 Å². The molecule has 7 nitrogen and oxygen atoms in total. The van der Waals surface area contributed by atoms with Crippen molar-refractivity contribution in [2.45, 2.75) is 25.3 Å². The predicted molar refractivity (Wildman–Crippen MR) is 127 cm³/mol. The maximum absolute atomic E-state index is 12.8. The molecule has 2 aromatic rings. The molecule has 3 fully saturated rings. The minimum absolute atomic E-state index is 0.277. The van der Waals surface area contributed by atoms with E-state index >= 15 is 0 Å². The van der Waals surface area contributed by atoms with Crippen LogP contribution in [0.25, 0.3) is 11.3 Å². The molecule has 1 aromatic heterocycles. The van der Waals surface area contributed by atoms with E-state index in [1.807, 2.05) is 36.7 Å². The fraction of sp³-hybridized carbons (Fsp3) is 0.542. The quantitative estimate of drug-likeness (QED) is 0.692. The number of halogens is 1. The van der Waals surface area contributed by atoms with Gasteiger partial charge in [-0.25, -0.2) is 4.98 Å². The topological polar surface area (TPSA) is 55.8 Å². The van der Waals surface area contributed by atoms with Crippen molar-refractivity contribution in [3.63, 3.8) is 0 Å². The molecule has 1 amide bonds. The normalized spacial score (nSPS) is 20.9. The lowest BCUT2D eigenvalue weighted by Gasteiger charge is -2.43. The summed E-state index contributed by atoms with van der Waals surface area (Å²) in [6.45, 7) is 7.82. The molecule has 32 heavy (non-hydrogen) atoms. The third-order valence-corrected chi connectivity index (χ3v) is 7.34. The van der Waals surface area contributed by atoms with Gasteiger partial charge in [-0.2, -0.15) is 0 Å². The molecule has 1 aromatic carbocycles. The molecule has 1 aliphatic carbocycles. The van der Waals surface area contributed by atoms with Crippen LogP contribution in [-0.4, -0.2) is 95.5 Å². The minimum atomic E-state index is 0.277. The van der Waals surface area contributed by atoms with Gasteiger partial charge in [-0.05, 0) is 25.0 Å². The first-order valence-electron chi connectivity index (χ1n) is 11.7. The van der Waals surface area contributed by atoms with Crippen LogP contribution >= 0.6 is 11.6 Å². The highest BCUT2D eigenvalue weighted by Gasteiger charge is 2.30. The Kier molecular flexibility index (Phi) is 6.57. The van der Waals surface area contributed by atoms with E-state index in [-0.39, 0.29) is 5.91 Å². The molecule has 2 aliphatic heterocycles. The van der Waals surface area contributed by atoms with Crippen molar-refractivity contribution in [3.05, 3.63) is 41.7 Å². The fourth-order valence-corrected chi connectivity index (χ4v) is 4.89. The van der Waals surface area contributed by atoms with Crippen LogP contribution in [0.1, 0.15) is 19.3 Å². The van der Waals surface area contributed by atoms with Gasteiger partial charge in [0, 0.05) is 69.0 Å². The van der Waals surface area contributed by atoms with E-state index < -0.39 is 0 Å². The Morgan fingerprint density at radius 1 is 0.906 bits per heavy atom. The van der Waals surface area contributed by atoms with E-state index in [0.29, 0.717) is 11.6 Å². The van der Waals surface area contributed by atoms with Gasteiger partial charge in [0.15, 0.2) is 0 Å². The number of piperazine rings is 2. The Bertz CT molecular complexity index is 901. The third kappa shape index (κ3) is 4.90. The van der Waals surface area contributed by atoms with Crippen LogP contribution in [0, 0.1) is 0 Å². The molecule has 0 N–H and O–H groups in total. The van der Waals surface area contributed by atoms with Gasteiger partial charge >= 0.3 is 0 Å². The van der Waals surface area contributed by atoms with Gasteiger partial charge in [0.25, 0.3) is 0 Å². The number of benzene rings is 1.